The summed E-state index contributed by atoms with van der Waals surface area (Å²) < 4.78 is 0.847. The maximum Gasteiger partial charge on any atom is 0.244 e. The summed E-state index contributed by atoms with van der Waals surface area (Å²) in [6, 6.07) is 6.48. The molecule has 0 radical (unpaired) electrons. The number of benzene rings is 1. The lowest BCUT2D eigenvalue weighted by atomic mass is 9.93. The summed E-state index contributed by atoms with van der Waals surface area (Å²) in [5, 5.41) is 6.06. The molecule has 128 valence electrons. The van der Waals surface area contributed by atoms with E-state index in [4.69, 9.17) is 5.73 Å². The summed E-state index contributed by atoms with van der Waals surface area (Å²) in [5.41, 5.74) is 6.12. The number of amides is 2. The van der Waals surface area contributed by atoms with Gasteiger partial charge in [0.2, 0.25) is 11.8 Å². The van der Waals surface area contributed by atoms with Gasteiger partial charge in [0.15, 0.2) is 0 Å². The minimum Gasteiger partial charge on any atom is -0.368 e. The van der Waals surface area contributed by atoms with Gasteiger partial charge in [0.25, 0.3) is 0 Å². The minimum absolute atomic E-state index is 0. The van der Waals surface area contributed by atoms with Gasteiger partial charge in [0.05, 0.1) is 0 Å². The van der Waals surface area contributed by atoms with Gasteiger partial charge < -0.3 is 16.4 Å². The molecular formula is C16H23BrClN3O2. The van der Waals surface area contributed by atoms with E-state index in [0.717, 1.165) is 36.8 Å². The predicted octanol–water partition coefficient (Wildman–Crippen LogP) is 2.29. The van der Waals surface area contributed by atoms with Gasteiger partial charge in [0, 0.05) is 10.9 Å². The predicted molar refractivity (Wildman–Crippen MR) is 96.3 cm³/mol. The minimum atomic E-state index is -0.780. The molecule has 23 heavy (non-hydrogen) atoms. The molecule has 7 heteroatoms. The fraction of sp³-hybridized carbons (Fsp3) is 0.500. The van der Waals surface area contributed by atoms with Crippen LogP contribution in [0.5, 0.6) is 0 Å². The van der Waals surface area contributed by atoms with Crippen LogP contribution in [0.15, 0.2) is 28.7 Å². The number of nitrogens with two attached hydrogens (primary N) is 1. The molecule has 2 rings (SSSR count). The molecule has 0 saturated carbocycles. The maximum absolute atomic E-state index is 12.1. The zero-order valence-corrected chi connectivity index (χ0v) is 15.3. The summed E-state index contributed by atoms with van der Waals surface area (Å²) in [7, 11) is 0. The van der Waals surface area contributed by atoms with E-state index in [9.17, 15) is 9.59 Å². The first kappa shape index (κ1) is 19.9. The van der Waals surface area contributed by atoms with Crippen LogP contribution in [0.3, 0.4) is 0 Å². The molecule has 4 N–H and O–H groups in total. The molecule has 0 aliphatic carbocycles. The second kappa shape index (κ2) is 9.90. The van der Waals surface area contributed by atoms with E-state index in [-0.39, 0.29) is 18.3 Å². The Morgan fingerprint density at radius 2 is 2.04 bits per heavy atom. The van der Waals surface area contributed by atoms with Gasteiger partial charge in [-0.2, -0.15) is 0 Å². The summed E-state index contributed by atoms with van der Waals surface area (Å²) in [4.78, 5) is 23.7. The molecule has 2 amide bonds. The van der Waals surface area contributed by atoms with Crippen molar-refractivity contribution in [1.82, 2.24) is 10.6 Å². The fourth-order valence-electron chi connectivity index (χ4n) is 2.74. The summed E-state index contributed by atoms with van der Waals surface area (Å²) >= 11 is 3.36. The van der Waals surface area contributed by atoms with Crippen LogP contribution in [0.4, 0.5) is 0 Å². The Labute approximate surface area is 151 Å². The molecule has 1 aromatic carbocycles. The van der Waals surface area contributed by atoms with Gasteiger partial charge in [-0.1, -0.05) is 28.1 Å². The highest BCUT2D eigenvalue weighted by atomic mass is 79.9. The number of primary amides is 1. The van der Waals surface area contributed by atoms with Crippen LogP contribution in [0.25, 0.3) is 0 Å². The van der Waals surface area contributed by atoms with Crippen LogP contribution >= 0.6 is 28.3 Å². The molecule has 0 bridgehead atoms. The zero-order valence-electron chi connectivity index (χ0n) is 12.9. The Hall–Kier alpha value is -1.11. The standard InChI is InChI=1S/C16H22BrN3O2.ClH/c17-13-3-1-2-12(10-13)15(16(18)22)20-14(21)5-4-11-6-8-19-9-7-11;/h1-3,10-11,15,19H,4-9H2,(H2,18,22)(H,20,21);1H. The maximum atomic E-state index is 12.1. The summed E-state index contributed by atoms with van der Waals surface area (Å²) in [6.45, 7) is 2.04. The molecule has 1 aliphatic rings. The van der Waals surface area contributed by atoms with Crippen LogP contribution in [-0.2, 0) is 9.59 Å². The topological polar surface area (TPSA) is 84.2 Å². The van der Waals surface area contributed by atoms with E-state index >= 15 is 0 Å². The molecule has 1 unspecified atom stereocenters. The smallest absolute Gasteiger partial charge is 0.244 e. The first-order chi connectivity index (χ1) is 10.6. The van der Waals surface area contributed by atoms with Gasteiger partial charge in [-0.15, -0.1) is 12.4 Å². The van der Waals surface area contributed by atoms with Crippen molar-refractivity contribution in [2.45, 2.75) is 31.7 Å². The van der Waals surface area contributed by atoms with Gasteiger partial charge in [0.1, 0.15) is 6.04 Å². The number of piperidine rings is 1. The largest absolute Gasteiger partial charge is 0.368 e. The van der Waals surface area contributed by atoms with E-state index in [2.05, 4.69) is 26.6 Å². The number of hydrogen-bond donors (Lipinski definition) is 3. The third-order valence-corrected chi connectivity index (χ3v) is 4.50. The molecule has 0 spiro atoms. The third kappa shape index (κ3) is 6.49. The highest BCUT2D eigenvalue weighted by molar-refractivity contribution is 9.10. The lowest BCUT2D eigenvalue weighted by Crippen LogP contribution is -2.37. The first-order valence-electron chi connectivity index (χ1n) is 7.61. The number of carbonyl (C=O) groups excluding carboxylic acids is 2. The molecule has 0 aromatic heterocycles. The average Bonchev–Trinajstić information content (AvgIpc) is 2.51. The van der Waals surface area contributed by atoms with Crippen LogP contribution in [0.1, 0.15) is 37.3 Å². The number of carbonyl (C=O) groups is 2. The highest BCUT2D eigenvalue weighted by Gasteiger charge is 2.21. The van der Waals surface area contributed by atoms with Crippen molar-refractivity contribution in [1.29, 1.82) is 0 Å². The number of halogens is 2. The second-order valence-electron chi connectivity index (χ2n) is 5.69. The second-order valence-corrected chi connectivity index (χ2v) is 6.61. The molecule has 1 aliphatic heterocycles. The van der Waals surface area contributed by atoms with Crippen molar-refractivity contribution < 1.29 is 9.59 Å². The van der Waals surface area contributed by atoms with Gasteiger partial charge in [-0.3, -0.25) is 9.59 Å². The Morgan fingerprint density at radius 3 is 2.65 bits per heavy atom. The summed E-state index contributed by atoms with van der Waals surface area (Å²) in [5.74, 6) is -0.0828. The fourth-order valence-corrected chi connectivity index (χ4v) is 3.16. The van der Waals surface area contributed by atoms with Crippen molar-refractivity contribution in [3.8, 4) is 0 Å². The van der Waals surface area contributed by atoms with E-state index < -0.39 is 11.9 Å². The number of hydrogen-bond acceptors (Lipinski definition) is 3. The Bertz CT molecular complexity index is 536. The molecule has 1 saturated heterocycles. The van der Waals surface area contributed by atoms with Gasteiger partial charge >= 0.3 is 0 Å². The van der Waals surface area contributed by atoms with Crippen molar-refractivity contribution in [2.75, 3.05) is 13.1 Å². The van der Waals surface area contributed by atoms with E-state index in [1.165, 1.54) is 0 Å². The van der Waals surface area contributed by atoms with Crippen LogP contribution in [-0.4, -0.2) is 24.9 Å². The first-order valence-corrected chi connectivity index (χ1v) is 8.40. The third-order valence-electron chi connectivity index (χ3n) is 4.01. The Kier molecular flexibility index (Phi) is 8.58. The molecule has 1 atom stereocenters. The zero-order chi connectivity index (χ0) is 15.9. The quantitative estimate of drug-likeness (QED) is 0.680. The van der Waals surface area contributed by atoms with Crippen LogP contribution in [0.2, 0.25) is 0 Å². The lowest BCUT2D eigenvalue weighted by Gasteiger charge is -2.22. The van der Waals surface area contributed by atoms with Crippen LogP contribution < -0.4 is 16.4 Å². The monoisotopic (exact) mass is 403 g/mol. The lowest BCUT2D eigenvalue weighted by molar-refractivity contribution is -0.127. The molecule has 5 nitrogen and oxygen atoms in total. The Balaban J connectivity index is 0.00000264. The van der Waals surface area contributed by atoms with Crippen molar-refractivity contribution in [3.63, 3.8) is 0 Å². The van der Waals surface area contributed by atoms with Gasteiger partial charge in [-0.05, 0) is 56.0 Å². The number of rotatable bonds is 6. The van der Waals surface area contributed by atoms with Crippen molar-refractivity contribution >= 4 is 40.2 Å². The molecule has 1 aromatic rings. The van der Waals surface area contributed by atoms with E-state index in [1.54, 1.807) is 12.1 Å². The molecule has 1 heterocycles. The van der Waals surface area contributed by atoms with E-state index in [1.807, 2.05) is 12.1 Å². The summed E-state index contributed by atoms with van der Waals surface area (Å²) in [6.07, 6.45) is 3.51. The molecular weight excluding hydrogens is 382 g/mol. The van der Waals surface area contributed by atoms with E-state index in [0.29, 0.717) is 17.9 Å². The van der Waals surface area contributed by atoms with Crippen molar-refractivity contribution in [3.05, 3.63) is 34.3 Å². The average molecular weight is 405 g/mol. The SMILES string of the molecule is Cl.NC(=O)C(NC(=O)CCC1CCNCC1)c1cccc(Br)c1. The van der Waals surface area contributed by atoms with Crippen LogP contribution in [0, 0.1) is 5.92 Å². The highest BCUT2D eigenvalue weighted by Crippen LogP contribution is 2.20. The normalized spacial score (nSPS) is 16.2. The molecule has 1 fully saturated rings. The van der Waals surface area contributed by atoms with Gasteiger partial charge in [-0.25, -0.2) is 0 Å². The Morgan fingerprint density at radius 1 is 1.35 bits per heavy atom. The number of nitrogens with one attached hydrogen (secondary N) is 2. The van der Waals surface area contributed by atoms with Crippen molar-refractivity contribution in [2.24, 2.45) is 11.7 Å².